The highest BCUT2D eigenvalue weighted by Gasteiger charge is 2.24. The molecule has 0 radical (unpaired) electrons. The Bertz CT molecular complexity index is 1440. The van der Waals surface area contributed by atoms with Crippen LogP contribution in [0.15, 0.2) is 60.9 Å². The Labute approximate surface area is 144 Å². The lowest BCUT2D eigenvalue weighted by Crippen LogP contribution is -1.75. The van der Waals surface area contributed by atoms with Gasteiger partial charge in [-0.15, -0.1) is 22.7 Å². The Kier molecular flexibility index (Phi) is 1.85. The highest BCUT2D eigenvalue weighted by Crippen LogP contribution is 2.48. The highest BCUT2D eigenvalue weighted by atomic mass is 32.1. The van der Waals surface area contributed by atoms with Crippen molar-refractivity contribution in [1.29, 1.82) is 0 Å². The van der Waals surface area contributed by atoms with E-state index < -0.39 is 0 Å². The molecule has 0 fully saturated rings. The third-order valence-corrected chi connectivity index (χ3v) is 7.48. The van der Waals surface area contributed by atoms with Crippen LogP contribution in [0.2, 0.25) is 0 Å². The van der Waals surface area contributed by atoms with E-state index in [1.54, 1.807) is 0 Å². The average molecular weight is 342 g/mol. The van der Waals surface area contributed by atoms with Crippen LogP contribution >= 0.6 is 22.7 Å². The maximum Gasteiger partial charge on any atom is 0.132 e. The van der Waals surface area contributed by atoms with Gasteiger partial charge in [-0.1, -0.05) is 36.4 Å². The first-order valence-corrected chi connectivity index (χ1v) is 9.60. The summed E-state index contributed by atoms with van der Waals surface area (Å²) >= 11 is 3.79. The number of nitrogens with zero attached hydrogens (tertiary/aromatic N) is 2. The minimum atomic E-state index is 1.33. The van der Waals surface area contributed by atoms with Gasteiger partial charge >= 0.3 is 0 Å². The largest absolute Gasteiger partial charge is 0.291 e. The van der Waals surface area contributed by atoms with E-state index in [0.29, 0.717) is 0 Å². The molecule has 112 valence electrons. The number of rotatable bonds is 0. The maximum atomic E-state index is 2.37. The Hall–Kier alpha value is -2.56. The molecule has 0 N–H and O–H groups in total. The summed E-state index contributed by atoms with van der Waals surface area (Å²) in [5.74, 6) is 0. The number of fused-ring (bicyclic) bond motifs is 10. The van der Waals surface area contributed by atoms with Crippen molar-refractivity contribution in [2.45, 2.75) is 0 Å². The molecule has 0 aliphatic carbocycles. The third-order valence-electron chi connectivity index (χ3n) is 5.14. The molecule has 0 spiro atoms. The van der Waals surface area contributed by atoms with Gasteiger partial charge in [-0.3, -0.25) is 8.80 Å². The molecule has 2 aromatic carbocycles. The number of benzene rings is 2. The highest BCUT2D eigenvalue weighted by molar-refractivity contribution is 7.26. The van der Waals surface area contributed by atoms with Crippen LogP contribution in [0.25, 0.3) is 51.6 Å². The molecule has 0 unspecified atom stereocenters. The second kappa shape index (κ2) is 3.74. The predicted molar refractivity (Wildman–Crippen MR) is 105 cm³/mol. The van der Waals surface area contributed by atoms with Gasteiger partial charge in [0.15, 0.2) is 0 Å². The fourth-order valence-corrected chi connectivity index (χ4v) is 6.58. The van der Waals surface area contributed by atoms with Gasteiger partial charge in [-0.2, -0.15) is 0 Å². The molecule has 24 heavy (non-hydrogen) atoms. The van der Waals surface area contributed by atoms with Gasteiger partial charge in [0.05, 0.1) is 0 Å². The van der Waals surface area contributed by atoms with Gasteiger partial charge in [-0.05, 0) is 12.1 Å². The SMILES string of the molecule is c1ccc2c(c1)sc1c2c2c3c4ccccc4sc3n3ccn1c23. The lowest BCUT2D eigenvalue weighted by molar-refractivity contribution is 1.27. The minimum absolute atomic E-state index is 1.33. The molecule has 0 saturated carbocycles. The second-order valence-electron chi connectivity index (χ2n) is 6.29. The Morgan fingerprint density at radius 3 is 1.62 bits per heavy atom. The molecule has 0 amide bonds. The van der Waals surface area contributed by atoms with E-state index in [-0.39, 0.29) is 0 Å². The predicted octanol–water partition coefficient (Wildman–Crippen LogP) is 6.37. The second-order valence-corrected chi connectivity index (χ2v) is 8.35. The topological polar surface area (TPSA) is 8.82 Å². The molecule has 0 saturated heterocycles. The van der Waals surface area contributed by atoms with Gasteiger partial charge in [-0.25, -0.2) is 0 Å². The first kappa shape index (κ1) is 11.9. The molecule has 2 nitrogen and oxygen atoms in total. The van der Waals surface area contributed by atoms with Crippen molar-refractivity contribution in [3.63, 3.8) is 0 Å². The van der Waals surface area contributed by atoms with Gasteiger partial charge < -0.3 is 0 Å². The van der Waals surface area contributed by atoms with Crippen LogP contribution in [0.1, 0.15) is 0 Å². The van der Waals surface area contributed by atoms with Crippen LogP contribution in [0.5, 0.6) is 0 Å². The smallest absolute Gasteiger partial charge is 0.132 e. The molecule has 5 aromatic heterocycles. The van der Waals surface area contributed by atoms with Crippen molar-refractivity contribution < 1.29 is 0 Å². The lowest BCUT2D eigenvalue weighted by atomic mass is 10.1. The molecular formula is C20H10N2S2. The molecule has 7 aromatic rings. The molecule has 0 atom stereocenters. The van der Waals surface area contributed by atoms with E-state index in [1.807, 2.05) is 22.7 Å². The number of hydrogen-bond donors (Lipinski definition) is 0. The summed E-state index contributed by atoms with van der Waals surface area (Å²) in [7, 11) is 0. The van der Waals surface area contributed by atoms with Crippen molar-refractivity contribution in [3.8, 4) is 0 Å². The minimum Gasteiger partial charge on any atom is -0.291 e. The van der Waals surface area contributed by atoms with Crippen molar-refractivity contribution in [2.75, 3.05) is 0 Å². The van der Waals surface area contributed by atoms with E-state index >= 15 is 0 Å². The zero-order valence-electron chi connectivity index (χ0n) is 12.5. The summed E-state index contributed by atoms with van der Waals surface area (Å²) < 4.78 is 7.48. The Balaban J connectivity index is 1.95. The summed E-state index contributed by atoms with van der Waals surface area (Å²) in [6.07, 6.45) is 4.42. The van der Waals surface area contributed by atoms with E-state index in [1.165, 1.54) is 51.6 Å². The first-order chi connectivity index (χ1) is 11.9. The summed E-state index contributed by atoms with van der Waals surface area (Å²) in [5.41, 5.74) is 1.33. The zero-order valence-corrected chi connectivity index (χ0v) is 14.1. The van der Waals surface area contributed by atoms with Gasteiger partial charge in [0.25, 0.3) is 0 Å². The first-order valence-electron chi connectivity index (χ1n) is 7.97. The maximum absolute atomic E-state index is 2.37. The van der Waals surface area contributed by atoms with Crippen molar-refractivity contribution in [3.05, 3.63) is 60.9 Å². The van der Waals surface area contributed by atoms with E-state index in [4.69, 9.17) is 0 Å². The van der Waals surface area contributed by atoms with Crippen LogP contribution < -0.4 is 0 Å². The van der Waals surface area contributed by atoms with Crippen LogP contribution in [-0.4, -0.2) is 8.80 Å². The molecular weight excluding hydrogens is 332 g/mol. The monoisotopic (exact) mass is 342 g/mol. The van der Waals surface area contributed by atoms with Crippen LogP contribution in [0.4, 0.5) is 0 Å². The third kappa shape index (κ3) is 1.13. The molecule has 0 aliphatic heterocycles. The number of aromatic nitrogens is 2. The number of thiophene rings is 2. The van der Waals surface area contributed by atoms with Crippen LogP contribution in [-0.2, 0) is 0 Å². The van der Waals surface area contributed by atoms with Crippen LogP contribution in [0, 0.1) is 0 Å². The quantitative estimate of drug-likeness (QED) is 0.303. The van der Waals surface area contributed by atoms with E-state index in [9.17, 15) is 0 Å². The van der Waals surface area contributed by atoms with Gasteiger partial charge in [0.1, 0.15) is 15.3 Å². The van der Waals surface area contributed by atoms with Crippen molar-refractivity contribution >= 4 is 74.3 Å². The molecule has 7 rings (SSSR count). The summed E-state index contributed by atoms with van der Waals surface area (Å²) in [5, 5.41) is 7.01. The molecule has 5 heterocycles. The molecule has 0 bridgehead atoms. The Morgan fingerprint density at radius 1 is 0.583 bits per heavy atom. The van der Waals surface area contributed by atoms with Crippen molar-refractivity contribution in [2.24, 2.45) is 0 Å². The number of hydrogen-bond acceptors (Lipinski definition) is 2. The summed E-state index contributed by atoms with van der Waals surface area (Å²) in [6, 6.07) is 17.6. The summed E-state index contributed by atoms with van der Waals surface area (Å²) in [6.45, 7) is 0. The molecule has 4 heteroatoms. The number of imidazole rings is 1. The van der Waals surface area contributed by atoms with Gasteiger partial charge in [0, 0.05) is 48.7 Å². The van der Waals surface area contributed by atoms with Crippen LogP contribution in [0.3, 0.4) is 0 Å². The standard InChI is InChI=1S/C20H10N2S2/c1-3-7-13-11(5-1)15-17-16-12-6-2-4-8-14(12)24-20(16)22-10-9-21(18(17)22)19(15)23-13/h1-10H. The van der Waals surface area contributed by atoms with Gasteiger partial charge in [0.2, 0.25) is 0 Å². The Morgan fingerprint density at radius 2 is 1.08 bits per heavy atom. The normalized spacial score (nSPS) is 13.0. The average Bonchev–Trinajstić information content (AvgIpc) is 3.35. The fraction of sp³-hybridized carbons (Fsp3) is 0. The van der Waals surface area contributed by atoms with E-state index in [0.717, 1.165) is 0 Å². The fourth-order valence-electron chi connectivity index (χ4n) is 4.20. The van der Waals surface area contributed by atoms with E-state index in [2.05, 4.69) is 69.7 Å². The zero-order chi connectivity index (χ0) is 15.4. The lowest BCUT2D eigenvalue weighted by Gasteiger charge is -1.91. The molecule has 0 aliphatic rings. The van der Waals surface area contributed by atoms with Crippen molar-refractivity contribution in [1.82, 2.24) is 8.80 Å². The summed E-state index contributed by atoms with van der Waals surface area (Å²) in [4.78, 5) is 2.72.